The summed E-state index contributed by atoms with van der Waals surface area (Å²) in [6.07, 6.45) is 7.64. The molecule has 1 rings (SSSR count). The van der Waals surface area contributed by atoms with Gasteiger partial charge in [0.05, 0.1) is 21.1 Å². The molecule has 0 saturated carbocycles. The van der Waals surface area contributed by atoms with E-state index in [-0.39, 0.29) is 0 Å². The smallest absolute Gasteiger partial charge is 0.112 e. The summed E-state index contributed by atoms with van der Waals surface area (Å²) >= 11 is 0. The lowest BCUT2D eigenvalue weighted by Crippen LogP contribution is -2.32. The van der Waals surface area contributed by atoms with Gasteiger partial charge in [0, 0.05) is 6.42 Å². The minimum absolute atomic E-state index is 0.965. The molecule has 50 valence electrons. The Balaban J connectivity index is 2.66. The van der Waals surface area contributed by atoms with E-state index in [9.17, 15) is 0 Å². The van der Waals surface area contributed by atoms with Crippen LogP contribution in [0.5, 0.6) is 0 Å². The number of rotatable bonds is 1. The van der Waals surface area contributed by atoms with Crippen LogP contribution in [0.25, 0.3) is 0 Å². The first-order chi connectivity index (χ1) is 4.11. The van der Waals surface area contributed by atoms with Crippen molar-refractivity contribution in [2.75, 3.05) is 21.1 Å². The van der Waals surface area contributed by atoms with Crippen molar-refractivity contribution in [3.63, 3.8) is 0 Å². The molecule has 0 aromatic heterocycles. The average molecular weight is 124 g/mol. The summed E-state index contributed by atoms with van der Waals surface area (Å²) < 4.78 is 0.965. The van der Waals surface area contributed by atoms with E-state index in [0.29, 0.717) is 0 Å². The summed E-state index contributed by atoms with van der Waals surface area (Å²) in [5.41, 5.74) is 1.48. The highest BCUT2D eigenvalue weighted by Gasteiger charge is 2.15. The molecule has 0 heterocycles. The zero-order chi connectivity index (χ0) is 6.91. The molecular weight excluding hydrogens is 110 g/mol. The second kappa shape index (κ2) is 1.99. The number of hydrogen-bond donors (Lipinski definition) is 0. The first-order valence-corrected chi connectivity index (χ1v) is 3.28. The number of allylic oxidation sites excluding steroid dienone is 3. The number of hydrogen-bond acceptors (Lipinski definition) is 0. The second-order valence-corrected chi connectivity index (χ2v) is 3.30. The molecule has 9 heavy (non-hydrogen) atoms. The van der Waals surface area contributed by atoms with Crippen LogP contribution in [0.3, 0.4) is 0 Å². The minimum atomic E-state index is 0.965. The SMILES string of the molecule is C[N+](C)(C)C1=CC=CC1. The Labute approximate surface area is 56.9 Å². The molecule has 1 aliphatic carbocycles. The van der Waals surface area contributed by atoms with Crippen molar-refractivity contribution in [3.8, 4) is 0 Å². The van der Waals surface area contributed by atoms with E-state index < -0.39 is 0 Å². The summed E-state index contributed by atoms with van der Waals surface area (Å²) in [5, 5.41) is 0. The van der Waals surface area contributed by atoms with Crippen LogP contribution in [0.1, 0.15) is 6.42 Å². The summed E-state index contributed by atoms with van der Waals surface area (Å²) in [6, 6.07) is 0. The van der Waals surface area contributed by atoms with Crippen LogP contribution in [0.2, 0.25) is 0 Å². The van der Waals surface area contributed by atoms with Crippen LogP contribution in [0.15, 0.2) is 23.9 Å². The maximum Gasteiger partial charge on any atom is 0.112 e. The summed E-state index contributed by atoms with van der Waals surface area (Å²) in [5.74, 6) is 0. The largest absolute Gasteiger partial charge is 0.302 e. The van der Waals surface area contributed by atoms with Crippen LogP contribution >= 0.6 is 0 Å². The molecule has 0 amide bonds. The molecule has 1 aliphatic rings. The lowest BCUT2D eigenvalue weighted by atomic mass is 10.3. The van der Waals surface area contributed by atoms with Crippen LogP contribution in [0, 0.1) is 0 Å². The maximum atomic E-state index is 2.19. The van der Waals surface area contributed by atoms with Crippen LogP contribution in [-0.2, 0) is 0 Å². The van der Waals surface area contributed by atoms with Gasteiger partial charge in [0.1, 0.15) is 5.70 Å². The van der Waals surface area contributed by atoms with Gasteiger partial charge in [0.25, 0.3) is 0 Å². The van der Waals surface area contributed by atoms with E-state index in [1.54, 1.807) is 0 Å². The Kier molecular flexibility index (Phi) is 1.45. The highest BCUT2D eigenvalue weighted by atomic mass is 15.3. The van der Waals surface area contributed by atoms with Gasteiger partial charge in [-0.25, -0.2) is 0 Å². The van der Waals surface area contributed by atoms with Gasteiger partial charge >= 0.3 is 0 Å². The Morgan fingerprint density at radius 3 is 2.22 bits per heavy atom. The average Bonchev–Trinajstić information content (AvgIpc) is 2.08. The maximum absolute atomic E-state index is 2.19. The van der Waals surface area contributed by atoms with Crippen molar-refractivity contribution in [1.82, 2.24) is 0 Å². The lowest BCUT2D eigenvalue weighted by Gasteiger charge is -2.24. The van der Waals surface area contributed by atoms with Crippen molar-refractivity contribution >= 4 is 0 Å². The Hall–Kier alpha value is -0.560. The Morgan fingerprint density at radius 1 is 1.33 bits per heavy atom. The molecule has 0 atom stereocenters. The van der Waals surface area contributed by atoms with E-state index in [1.807, 2.05) is 0 Å². The summed E-state index contributed by atoms with van der Waals surface area (Å²) in [6.45, 7) is 0. The molecule has 0 aromatic carbocycles. The van der Waals surface area contributed by atoms with Crippen molar-refractivity contribution in [3.05, 3.63) is 23.9 Å². The molecule has 1 heteroatoms. The molecule has 1 nitrogen and oxygen atoms in total. The van der Waals surface area contributed by atoms with Crippen LogP contribution in [-0.4, -0.2) is 25.6 Å². The summed E-state index contributed by atoms with van der Waals surface area (Å²) in [7, 11) is 6.58. The fourth-order valence-electron chi connectivity index (χ4n) is 0.933. The molecular formula is C8H14N+. The molecule has 0 aromatic rings. The van der Waals surface area contributed by atoms with Crippen molar-refractivity contribution < 1.29 is 4.48 Å². The Bertz CT molecular complexity index is 158. The molecule has 0 unspecified atom stereocenters. The van der Waals surface area contributed by atoms with Gasteiger partial charge in [0.15, 0.2) is 0 Å². The highest BCUT2D eigenvalue weighted by Crippen LogP contribution is 2.17. The zero-order valence-corrected chi connectivity index (χ0v) is 6.39. The molecule has 0 bridgehead atoms. The lowest BCUT2D eigenvalue weighted by molar-refractivity contribution is -0.832. The highest BCUT2D eigenvalue weighted by molar-refractivity contribution is 5.17. The third-order valence-corrected chi connectivity index (χ3v) is 1.61. The number of quaternary nitrogens is 1. The van der Waals surface area contributed by atoms with E-state index in [4.69, 9.17) is 0 Å². The van der Waals surface area contributed by atoms with Gasteiger partial charge in [-0.1, -0.05) is 12.2 Å². The van der Waals surface area contributed by atoms with Crippen molar-refractivity contribution in [1.29, 1.82) is 0 Å². The zero-order valence-electron chi connectivity index (χ0n) is 6.39. The third kappa shape index (κ3) is 1.42. The number of nitrogens with zero attached hydrogens (tertiary/aromatic N) is 1. The first kappa shape index (κ1) is 6.56. The fraction of sp³-hybridized carbons (Fsp3) is 0.500. The van der Waals surface area contributed by atoms with E-state index in [1.165, 1.54) is 5.70 Å². The van der Waals surface area contributed by atoms with E-state index >= 15 is 0 Å². The van der Waals surface area contributed by atoms with Crippen LogP contribution in [0.4, 0.5) is 0 Å². The van der Waals surface area contributed by atoms with E-state index in [0.717, 1.165) is 10.9 Å². The monoisotopic (exact) mass is 124 g/mol. The summed E-state index contributed by atoms with van der Waals surface area (Å²) in [4.78, 5) is 0. The first-order valence-electron chi connectivity index (χ1n) is 3.28. The van der Waals surface area contributed by atoms with Gasteiger partial charge in [0.2, 0.25) is 0 Å². The molecule has 0 fully saturated rings. The predicted molar refractivity (Wildman–Crippen MR) is 39.9 cm³/mol. The van der Waals surface area contributed by atoms with E-state index in [2.05, 4.69) is 39.4 Å². The molecule has 0 spiro atoms. The third-order valence-electron chi connectivity index (χ3n) is 1.61. The fourth-order valence-corrected chi connectivity index (χ4v) is 0.933. The van der Waals surface area contributed by atoms with Gasteiger partial charge in [-0.2, -0.15) is 0 Å². The topological polar surface area (TPSA) is 0 Å². The normalized spacial score (nSPS) is 18.3. The minimum Gasteiger partial charge on any atom is -0.302 e. The molecule has 0 radical (unpaired) electrons. The second-order valence-electron chi connectivity index (χ2n) is 3.30. The molecule has 0 N–H and O–H groups in total. The van der Waals surface area contributed by atoms with Gasteiger partial charge < -0.3 is 4.48 Å². The predicted octanol–water partition coefficient (Wildman–Crippen LogP) is 1.54. The standard InChI is InChI=1S/C8H14N/c1-9(2,3)8-6-4-5-7-8/h4-6H,7H2,1-3H3/q+1. The Morgan fingerprint density at radius 2 is 2.00 bits per heavy atom. The van der Waals surface area contributed by atoms with Gasteiger partial charge in [-0.3, -0.25) is 0 Å². The van der Waals surface area contributed by atoms with Gasteiger partial charge in [-0.05, 0) is 6.08 Å². The van der Waals surface area contributed by atoms with Crippen molar-refractivity contribution in [2.24, 2.45) is 0 Å². The molecule has 0 aliphatic heterocycles. The van der Waals surface area contributed by atoms with Crippen molar-refractivity contribution in [2.45, 2.75) is 6.42 Å². The van der Waals surface area contributed by atoms with Crippen LogP contribution < -0.4 is 0 Å². The molecule has 0 saturated heterocycles. The van der Waals surface area contributed by atoms with Gasteiger partial charge in [-0.15, -0.1) is 0 Å². The quantitative estimate of drug-likeness (QED) is 0.465.